The standard InChI is InChI=1S/C30H39NO8/c1-28(2)8-5-9-29(17-38-28,16-24(32)35-4)27(33)39-26-23(34-3)15-30-10-6-11-31(30)12-7-19-13-21-22(37-18-36-21)14-20(19)25(26)30/h13-15,25-26H,5-12,16-18H2,1-4H3/t25-,26-,29+,30+/m1/s1. The number of hydrogen-bond acceptors (Lipinski definition) is 9. The van der Waals surface area contributed by atoms with Crippen molar-refractivity contribution in [2.75, 3.05) is 40.7 Å². The Labute approximate surface area is 229 Å². The summed E-state index contributed by atoms with van der Waals surface area (Å²) < 4.78 is 35.1. The second-order valence-electron chi connectivity index (χ2n) is 12.2. The summed E-state index contributed by atoms with van der Waals surface area (Å²) in [4.78, 5) is 29.3. The Morgan fingerprint density at radius 3 is 2.62 bits per heavy atom. The minimum Gasteiger partial charge on any atom is -0.497 e. The van der Waals surface area contributed by atoms with Crippen molar-refractivity contribution in [1.82, 2.24) is 4.90 Å². The zero-order valence-electron chi connectivity index (χ0n) is 23.4. The molecule has 212 valence electrons. The zero-order valence-corrected chi connectivity index (χ0v) is 23.4. The van der Waals surface area contributed by atoms with Gasteiger partial charge in [-0.2, -0.15) is 0 Å². The summed E-state index contributed by atoms with van der Waals surface area (Å²) in [5.74, 6) is 1.05. The smallest absolute Gasteiger partial charge is 0.315 e. The lowest BCUT2D eigenvalue weighted by molar-refractivity contribution is -0.174. The molecule has 4 heterocycles. The first-order chi connectivity index (χ1) is 18.7. The number of fused-ring (bicyclic) bond motifs is 3. The normalized spacial score (nSPS) is 32.7. The van der Waals surface area contributed by atoms with E-state index in [-0.39, 0.29) is 36.9 Å². The quantitative estimate of drug-likeness (QED) is 0.515. The first-order valence-electron chi connectivity index (χ1n) is 14.1. The zero-order chi connectivity index (χ0) is 27.4. The van der Waals surface area contributed by atoms with Crippen molar-refractivity contribution in [2.45, 2.75) is 82.0 Å². The van der Waals surface area contributed by atoms with E-state index in [1.165, 1.54) is 12.7 Å². The lowest BCUT2D eigenvalue weighted by Gasteiger charge is -2.40. The van der Waals surface area contributed by atoms with Gasteiger partial charge in [-0.05, 0) is 88.3 Å². The number of methoxy groups -OCH3 is 2. The summed E-state index contributed by atoms with van der Waals surface area (Å²) in [6, 6.07) is 4.15. The minimum absolute atomic E-state index is 0.0889. The second kappa shape index (κ2) is 9.70. The number of ether oxygens (including phenoxy) is 6. The first kappa shape index (κ1) is 26.4. The fraction of sp³-hybridized carbons (Fsp3) is 0.667. The van der Waals surface area contributed by atoms with Gasteiger partial charge in [0.1, 0.15) is 11.2 Å². The molecule has 9 nitrogen and oxygen atoms in total. The Bertz CT molecular complexity index is 1190. The lowest BCUT2D eigenvalue weighted by atomic mass is 9.77. The van der Waals surface area contributed by atoms with Gasteiger partial charge in [0.25, 0.3) is 0 Å². The highest BCUT2D eigenvalue weighted by Gasteiger charge is 2.59. The molecular formula is C30H39NO8. The summed E-state index contributed by atoms with van der Waals surface area (Å²) in [6.45, 7) is 6.20. The maximum Gasteiger partial charge on any atom is 0.315 e. The maximum atomic E-state index is 14.3. The van der Waals surface area contributed by atoms with E-state index in [9.17, 15) is 9.59 Å². The van der Waals surface area contributed by atoms with Crippen LogP contribution in [0, 0.1) is 5.41 Å². The van der Waals surface area contributed by atoms with Crippen molar-refractivity contribution >= 4 is 11.9 Å². The van der Waals surface area contributed by atoms with E-state index in [4.69, 9.17) is 28.4 Å². The average Bonchev–Trinajstić information content (AvgIpc) is 3.57. The molecule has 0 saturated carbocycles. The van der Waals surface area contributed by atoms with Gasteiger partial charge < -0.3 is 28.4 Å². The largest absolute Gasteiger partial charge is 0.497 e. The van der Waals surface area contributed by atoms with E-state index in [2.05, 4.69) is 23.1 Å². The van der Waals surface area contributed by atoms with Crippen molar-refractivity contribution < 1.29 is 38.0 Å². The van der Waals surface area contributed by atoms with Crippen LogP contribution in [-0.2, 0) is 35.0 Å². The molecule has 0 unspecified atom stereocenters. The molecule has 39 heavy (non-hydrogen) atoms. The highest BCUT2D eigenvalue weighted by atomic mass is 16.7. The molecule has 0 N–H and O–H groups in total. The fourth-order valence-corrected chi connectivity index (χ4v) is 7.39. The number of carbonyl (C=O) groups is 2. The van der Waals surface area contributed by atoms with E-state index >= 15 is 0 Å². The first-order valence-corrected chi connectivity index (χ1v) is 14.1. The highest BCUT2D eigenvalue weighted by molar-refractivity contribution is 5.84. The summed E-state index contributed by atoms with van der Waals surface area (Å²) in [6.07, 6.45) is 6.33. The predicted octanol–water partition coefficient (Wildman–Crippen LogP) is 3.87. The lowest BCUT2D eigenvalue weighted by Crippen LogP contribution is -2.48. The van der Waals surface area contributed by atoms with E-state index in [0.29, 0.717) is 17.9 Å². The van der Waals surface area contributed by atoms with E-state index in [1.807, 2.05) is 13.8 Å². The van der Waals surface area contributed by atoms with Crippen molar-refractivity contribution in [2.24, 2.45) is 5.41 Å². The molecule has 6 rings (SSSR count). The molecule has 1 aromatic rings. The number of rotatable bonds is 5. The predicted molar refractivity (Wildman–Crippen MR) is 140 cm³/mol. The second-order valence-corrected chi connectivity index (χ2v) is 12.2. The van der Waals surface area contributed by atoms with Gasteiger partial charge in [-0.15, -0.1) is 0 Å². The van der Waals surface area contributed by atoms with Crippen LogP contribution < -0.4 is 9.47 Å². The molecule has 4 atom stereocenters. The van der Waals surface area contributed by atoms with Crippen LogP contribution in [-0.4, -0.2) is 74.8 Å². The molecular weight excluding hydrogens is 502 g/mol. The number of esters is 2. The third-order valence-corrected chi connectivity index (χ3v) is 9.51. The van der Waals surface area contributed by atoms with Crippen LogP contribution in [0.4, 0.5) is 0 Å². The Morgan fingerprint density at radius 1 is 1.05 bits per heavy atom. The summed E-state index contributed by atoms with van der Waals surface area (Å²) in [5.41, 5.74) is 0.429. The van der Waals surface area contributed by atoms with Crippen LogP contribution in [0.3, 0.4) is 0 Å². The van der Waals surface area contributed by atoms with Crippen molar-refractivity contribution in [3.8, 4) is 11.5 Å². The van der Waals surface area contributed by atoms with E-state index < -0.39 is 23.5 Å². The number of nitrogens with zero attached hydrogens (tertiary/aromatic N) is 1. The minimum atomic E-state index is -1.13. The van der Waals surface area contributed by atoms with Crippen LogP contribution >= 0.6 is 0 Å². The molecule has 0 bridgehead atoms. The highest BCUT2D eigenvalue weighted by Crippen LogP contribution is 2.56. The molecule has 1 aliphatic carbocycles. The van der Waals surface area contributed by atoms with Crippen molar-refractivity contribution in [3.63, 3.8) is 0 Å². The van der Waals surface area contributed by atoms with Crippen LogP contribution in [0.1, 0.15) is 69.4 Å². The summed E-state index contributed by atoms with van der Waals surface area (Å²) in [7, 11) is 2.98. The Balaban J connectivity index is 1.40. The van der Waals surface area contributed by atoms with Crippen LogP contribution in [0.5, 0.6) is 11.5 Å². The third-order valence-electron chi connectivity index (χ3n) is 9.51. The molecule has 1 aromatic carbocycles. The number of benzene rings is 1. The Hall–Kier alpha value is -2.78. The molecule has 5 aliphatic rings. The van der Waals surface area contributed by atoms with Crippen molar-refractivity contribution in [1.29, 1.82) is 0 Å². The average molecular weight is 542 g/mol. The van der Waals surface area contributed by atoms with Gasteiger partial charge in [-0.25, -0.2) is 0 Å². The number of hydrogen-bond donors (Lipinski definition) is 0. The molecule has 1 spiro atoms. The van der Waals surface area contributed by atoms with Crippen LogP contribution in [0.15, 0.2) is 24.0 Å². The van der Waals surface area contributed by atoms with Crippen LogP contribution in [0.2, 0.25) is 0 Å². The monoisotopic (exact) mass is 541 g/mol. The summed E-state index contributed by atoms with van der Waals surface area (Å²) >= 11 is 0. The van der Waals surface area contributed by atoms with Crippen molar-refractivity contribution in [3.05, 3.63) is 35.1 Å². The Morgan fingerprint density at radius 2 is 1.85 bits per heavy atom. The molecule has 9 heteroatoms. The summed E-state index contributed by atoms with van der Waals surface area (Å²) in [5, 5.41) is 0. The topological polar surface area (TPSA) is 92.8 Å². The van der Waals surface area contributed by atoms with Crippen LogP contribution in [0.25, 0.3) is 0 Å². The van der Waals surface area contributed by atoms with Gasteiger partial charge in [0.05, 0.1) is 44.3 Å². The van der Waals surface area contributed by atoms with Gasteiger partial charge in [0, 0.05) is 6.54 Å². The molecule has 0 amide bonds. The van der Waals surface area contributed by atoms with Gasteiger partial charge >= 0.3 is 11.9 Å². The number of carbonyl (C=O) groups excluding carboxylic acids is 2. The van der Waals surface area contributed by atoms with Gasteiger partial charge in [0.2, 0.25) is 6.79 Å². The molecule has 0 radical (unpaired) electrons. The SMILES string of the molecule is COC(=O)C[C@@]1(C(=O)O[C@@H]2C(OC)=C[C@]34CCCN3CCc3cc5c(cc3[C@H]24)OCO5)CCCC(C)(C)OC1. The maximum absolute atomic E-state index is 14.3. The fourth-order valence-electron chi connectivity index (χ4n) is 7.39. The molecule has 4 aliphatic heterocycles. The molecule has 2 fully saturated rings. The third kappa shape index (κ3) is 4.38. The van der Waals surface area contributed by atoms with Gasteiger partial charge in [0.15, 0.2) is 17.6 Å². The van der Waals surface area contributed by atoms with Gasteiger partial charge in [-0.1, -0.05) is 0 Å². The molecule has 2 saturated heterocycles. The Kier molecular flexibility index (Phi) is 6.57. The van der Waals surface area contributed by atoms with E-state index in [0.717, 1.165) is 56.5 Å². The molecule has 0 aromatic heterocycles. The van der Waals surface area contributed by atoms with E-state index in [1.54, 1.807) is 7.11 Å². The van der Waals surface area contributed by atoms with Gasteiger partial charge in [-0.3, -0.25) is 14.5 Å².